The summed E-state index contributed by atoms with van der Waals surface area (Å²) in [4.78, 5) is 40.1. The molecule has 0 bridgehead atoms. The van der Waals surface area contributed by atoms with Crippen LogP contribution in [0.2, 0.25) is 0 Å². The van der Waals surface area contributed by atoms with Gasteiger partial charge in [0.25, 0.3) is 5.69 Å². The summed E-state index contributed by atoms with van der Waals surface area (Å²) in [7, 11) is 0. The number of nitro benzene ring substituents is 1. The number of aliphatic hydroxyl groups is 1. The standard InChI is InChI=1S/C42H50N6O7/c43-37-6-4-5-7-38(37)45-41(51)9-3-1-2-8-40(50)44-27-30-10-16-33(17-11-30)42-54-36(26-39(55-42)32-14-12-31(29-49)13-15-32)28-46-22-24-47(25-23-46)34-18-20-35(21-19-34)48(52)53/h4-7,10-21,36,39,42,49H,1-3,8-9,22-29,43H2,(H,44,50)(H,45,51). The number of unbranched alkanes of at least 4 members (excludes halogenated alkanes) is 2. The fourth-order valence-electron chi connectivity index (χ4n) is 6.95. The van der Waals surface area contributed by atoms with E-state index < -0.39 is 6.29 Å². The summed E-state index contributed by atoms with van der Waals surface area (Å²) >= 11 is 0. The first kappa shape index (κ1) is 39.4. The third kappa shape index (κ3) is 11.3. The SMILES string of the molecule is Nc1ccccc1NC(=O)CCCCCC(=O)NCc1ccc(C2OC(CN3CCN(c4ccc([N+](=O)[O-])cc4)CC3)CC(c3ccc(CO)cc3)O2)cc1. The summed E-state index contributed by atoms with van der Waals surface area (Å²) in [6.45, 7) is 4.39. The number of piperazine rings is 1. The van der Waals surface area contributed by atoms with Crippen LogP contribution in [0.25, 0.3) is 0 Å². The van der Waals surface area contributed by atoms with Crippen molar-refractivity contribution in [1.82, 2.24) is 10.2 Å². The molecule has 0 saturated carbocycles. The highest BCUT2D eigenvalue weighted by Crippen LogP contribution is 2.38. The maximum atomic E-state index is 12.6. The normalized spacial score (nSPS) is 18.8. The topological polar surface area (TPSA) is 173 Å². The second-order valence-electron chi connectivity index (χ2n) is 14.1. The molecule has 55 heavy (non-hydrogen) atoms. The maximum Gasteiger partial charge on any atom is 0.269 e. The molecule has 2 aliphatic heterocycles. The van der Waals surface area contributed by atoms with Crippen LogP contribution in [0.15, 0.2) is 97.1 Å². The number of nitrogens with two attached hydrogens (primary N) is 1. The molecule has 4 aromatic rings. The number of benzene rings is 4. The molecule has 5 N–H and O–H groups in total. The van der Waals surface area contributed by atoms with Crippen molar-refractivity contribution in [1.29, 1.82) is 0 Å². The number of ether oxygens (including phenoxy) is 2. The zero-order chi connectivity index (χ0) is 38.6. The number of hydrogen-bond donors (Lipinski definition) is 4. The number of carbonyl (C=O) groups excluding carboxylic acids is 2. The zero-order valence-corrected chi connectivity index (χ0v) is 31.0. The number of aliphatic hydroxyl groups excluding tert-OH is 1. The van der Waals surface area contributed by atoms with E-state index in [1.165, 1.54) is 0 Å². The Bertz CT molecular complexity index is 1860. The molecule has 2 saturated heterocycles. The van der Waals surface area contributed by atoms with Crippen LogP contribution >= 0.6 is 0 Å². The highest BCUT2D eigenvalue weighted by molar-refractivity contribution is 5.93. The van der Waals surface area contributed by atoms with Crippen molar-refractivity contribution < 1.29 is 29.1 Å². The van der Waals surface area contributed by atoms with Gasteiger partial charge in [0, 0.05) is 81.9 Å². The van der Waals surface area contributed by atoms with Crippen LogP contribution < -0.4 is 21.3 Å². The Labute approximate surface area is 321 Å². The minimum atomic E-state index is -0.585. The van der Waals surface area contributed by atoms with Crippen LogP contribution in [-0.2, 0) is 32.2 Å². The third-order valence-electron chi connectivity index (χ3n) is 10.2. The molecule has 6 rings (SSSR count). The highest BCUT2D eigenvalue weighted by atomic mass is 16.7. The molecule has 0 radical (unpaired) electrons. The number of nitrogens with one attached hydrogen (secondary N) is 2. The summed E-state index contributed by atoms with van der Waals surface area (Å²) in [5.74, 6) is -0.120. The third-order valence-corrected chi connectivity index (χ3v) is 10.2. The van der Waals surface area contributed by atoms with Gasteiger partial charge in [-0.2, -0.15) is 0 Å². The minimum Gasteiger partial charge on any atom is -0.397 e. The first-order chi connectivity index (χ1) is 26.7. The highest BCUT2D eigenvalue weighted by Gasteiger charge is 2.34. The summed E-state index contributed by atoms with van der Waals surface area (Å²) in [5.41, 5.74) is 11.8. The van der Waals surface area contributed by atoms with E-state index in [4.69, 9.17) is 15.2 Å². The van der Waals surface area contributed by atoms with Gasteiger partial charge in [0.15, 0.2) is 6.29 Å². The van der Waals surface area contributed by atoms with Crippen molar-refractivity contribution >= 4 is 34.6 Å². The Kier molecular flexibility index (Phi) is 13.8. The number of non-ortho nitro benzene ring substituents is 1. The Morgan fingerprint density at radius 3 is 2.13 bits per heavy atom. The van der Waals surface area contributed by atoms with Gasteiger partial charge in [-0.3, -0.25) is 24.6 Å². The molecule has 2 aliphatic rings. The second kappa shape index (κ2) is 19.3. The Hall–Kier alpha value is -5.34. The molecule has 2 heterocycles. The number of nitro groups is 1. The summed E-state index contributed by atoms with van der Waals surface area (Å²) in [6, 6.07) is 29.6. The molecule has 0 aliphatic carbocycles. The number of anilines is 3. The average molecular weight is 751 g/mol. The number of amides is 2. The second-order valence-corrected chi connectivity index (χ2v) is 14.1. The molecule has 2 amide bonds. The van der Waals surface area contributed by atoms with Gasteiger partial charge in [-0.15, -0.1) is 0 Å². The largest absolute Gasteiger partial charge is 0.397 e. The van der Waals surface area contributed by atoms with Gasteiger partial charge in [-0.1, -0.05) is 67.1 Å². The summed E-state index contributed by atoms with van der Waals surface area (Å²) in [5, 5.41) is 26.5. The number of rotatable bonds is 16. The Balaban J connectivity index is 0.975. The van der Waals surface area contributed by atoms with E-state index in [2.05, 4.69) is 20.4 Å². The van der Waals surface area contributed by atoms with Crippen LogP contribution in [0.4, 0.5) is 22.7 Å². The Morgan fingerprint density at radius 1 is 0.800 bits per heavy atom. The van der Waals surface area contributed by atoms with Crippen LogP contribution in [0.1, 0.15) is 73.2 Å². The van der Waals surface area contributed by atoms with Crippen molar-refractivity contribution in [3.05, 3.63) is 129 Å². The first-order valence-corrected chi connectivity index (χ1v) is 19.0. The quantitative estimate of drug-likeness (QED) is 0.0445. The lowest BCUT2D eigenvalue weighted by atomic mass is 9.99. The van der Waals surface area contributed by atoms with E-state index in [0.29, 0.717) is 50.0 Å². The van der Waals surface area contributed by atoms with E-state index in [1.54, 1.807) is 24.3 Å². The minimum absolute atomic E-state index is 0.0228. The molecule has 13 heteroatoms. The number of carbonyl (C=O) groups is 2. The van der Waals surface area contributed by atoms with Crippen molar-refractivity contribution in [3.8, 4) is 0 Å². The molecule has 2 fully saturated rings. The maximum absolute atomic E-state index is 12.6. The van der Waals surface area contributed by atoms with Gasteiger partial charge >= 0.3 is 0 Å². The van der Waals surface area contributed by atoms with E-state index in [1.807, 2.05) is 72.8 Å². The lowest BCUT2D eigenvalue weighted by molar-refractivity contribution is -0.384. The number of hydrogen-bond acceptors (Lipinski definition) is 10. The first-order valence-electron chi connectivity index (χ1n) is 19.0. The van der Waals surface area contributed by atoms with Gasteiger partial charge in [0.1, 0.15) is 0 Å². The molecule has 13 nitrogen and oxygen atoms in total. The van der Waals surface area contributed by atoms with Crippen molar-refractivity contribution in [2.24, 2.45) is 0 Å². The lowest BCUT2D eigenvalue weighted by Gasteiger charge is -2.41. The van der Waals surface area contributed by atoms with Gasteiger partial charge in [0.2, 0.25) is 11.8 Å². The molecule has 0 spiro atoms. The predicted molar refractivity (Wildman–Crippen MR) is 211 cm³/mol. The Morgan fingerprint density at radius 2 is 1.45 bits per heavy atom. The monoisotopic (exact) mass is 750 g/mol. The van der Waals surface area contributed by atoms with Crippen LogP contribution in [0, 0.1) is 10.1 Å². The fourth-order valence-corrected chi connectivity index (χ4v) is 6.95. The van der Waals surface area contributed by atoms with Crippen LogP contribution in [-0.4, -0.2) is 65.6 Å². The summed E-state index contributed by atoms with van der Waals surface area (Å²) in [6.07, 6.45) is 2.72. The molecule has 3 unspecified atom stereocenters. The smallest absolute Gasteiger partial charge is 0.269 e. The lowest BCUT2D eigenvalue weighted by Crippen LogP contribution is -2.49. The number of para-hydroxylation sites is 2. The molecule has 0 aromatic heterocycles. The van der Waals surface area contributed by atoms with Crippen LogP contribution in [0.5, 0.6) is 0 Å². The zero-order valence-electron chi connectivity index (χ0n) is 31.0. The van der Waals surface area contributed by atoms with E-state index in [9.17, 15) is 24.8 Å². The number of nitrogens with zero attached hydrogens (tertiary/aromatic N) is 3. The van der Waals surface area contributed by atoms with Gasteiger partial charge in [-0.05, 0) is 53.8 Å². The van der Waals surface area contributed by atoms with Crippen molar-refractivity contribution in [3.63, 3.8) is 0 Å². The molecule has 4 aromatic carbocycles. The number of nitrogen functional groups attached to an aromatic ring is 1. The van der Waals surface area contributed by atoms with E-state index in [0.717, 1.165) is 67.1 Å². The predicted octanol–water partition coefficient (Wildman–Crippen LogP) is 6.24. The molecule has 290 valence electrons. The van der Waals surface area contributed by atoms with Gasteiger partial charge in [-0.25, -0.2) is 0 Å². The molecular weight excluding hydrogens is 700 g/mol. The van der Waals surface area contributed by atoms with Crippen molar-refractivity contribution in [2.75, 3.05) is 48.7 Å². The average Bonchev–Trinajstić information content (AvgIpc) is 3.21. The fraction of sp³-hybridized carbons (Fsp3) is 0.381. The van der Waals surface area contributed by atoms with Crippen LogP contribution in [0.3, 0.4) is 0 Å². The molecule has 3 atom stereocenters. The van der Waals surface area contributed by atoms with Gasteiger partial charge in [0.05, 0.1) is 35.1 Å². The van der Waals surface area contributed by atoms with Crippen molar-refractivity contribution in [2.45, 2.75) is 70.2 Å². The summed E-state index contributed by atoms with van der Waals surface area (Å²) < 4.78 is 13.1. The molecular formula is C42H50N6O7. The van der Waals surface area contributed by atoms with E-state index in [-0.39, 0.29) is 41.2 Å². The van der Waals surface area contributed by atoms with E-state index >= 15 is 0 Å². The van der Waals surface area contributed by atoms with Gasteiger partial charge < -0.3 is 35.8 Å².